The predicted octanol–water partition coefficient (Wildman–Crippen LogP) is 1.33. The highest BCUT2D eigenvalue weighted by atomic mass is 35.5. The van der Waals surface area contributed by atoms with Crippen LogP contribution in [0.2, 0.25) is 0 Å². The molecule has 0 heterocycles. The van der Waals surface area contributed by atoms with E-state index in [2.05, 4.69) is 4.36 Å². The first-order valence-electron chi connectivity index (χ1n) is 4.45. The van der Waals surface area contributed by atoms with Gasteiger partial charge in [0.15, 0.2) is 0 Å². The zero-order chi connectivity index (χ0) is 12.7. The van der Waals surface area contributed by atoms with E-state index < -0.39 is 22.6 Å². The van der Waals surface area contributed by atoms with Crippen molar-refractivity contribution in [1.29, 1.82) is 5.41 Å². The van der Waals surface area contributed by atoms with Gasteiger partial charge in [-0.25, -0.2) is 4.79 Å². The number of alkyl carbamates (subject to hydrolysis) is 1. The molecular weight excluding hydrogens is 282 g/mol. The van der Waals surface area contributed by atoms with Gasteiger partial charge in [-0.15, -0.1) is 12.4 Å². The van der Waals surface area contributed by atoms with E-state index in [1.54, 1.807) is 24.3 Å². The van der Waals surface area contributed by atoms with Crippen LogP contribution in [0.4, 0.5) is 4.79 Å². The van der Waals surface area contributed by atoms with Gasteiger partial charge in [-0.1, -0.05) is 34.7 Å². The van der Waals surface area contributed by atoms with E-state index in [-0.39, 0.29) is 19.0 Å². The van der Waals surface area contributed by atoms with Crippen LogP contribution in [0.5, 0.6) is 0 Å². The van der Waals surface area contributed by atoms with Gasteiger partial charge in [0, 0.05) is 0 Å². The Labute approximate surface area is 111 Å². The normalized spacial score (nSPS) is 8.67. The van der Waals surface area contributed by atoms with Crippen LogP contribution in [0.1, 0.15) is 5.56 Å². The standard InChI is InChI=1S/C9H9N3O4S.ClH/c10-8(12-17(14)15)11-9(13)16-6-7-4-2-1-3-5-7;/h1-5H,6H2,(H2,10,11,13);1H. The zero-order valence-corrected chi connectivity index (χ0v) is 10.6. The maximum atomic E-state index is 11.1. The lowest BCUT2D eigenvalue weighted by molar-refractivity contribution is 0.145. The van der Waals surface area contributed by atoms with Gasteiger partial charge in [-0.05, 0) is 5.56 Å². The molecule has 0 bridgehead atoms. The molecular formula is C9H10ClN3O4S. The van der Waals surface area contributed by atoms with E-state index in [4.69, 9.17) is 10.1 Å². The second-order valence-electron chi connectivity index (χ2n) is 2.84. The molecule has 1 aromatic rings. The minimum Gasteiger partial charge on any atom is -0.444 e. The number of benzene rings is 1. The monoisotopic (exact) mass is 291 g/mol. The number of guanidine groups is 1. The molecule has 7 nitrogen and oxygen atoms in total. The van der Waals surface area contributed by atoms with Crippen molar-refractivity contribution >= 4 is 35.0 Å². The Morgan fingerprint density at radius 3 is 2.50 bits per heavy atom. The van der Waals surface area contributed by atoms with Crippen LogP contribution in [0, 0.1) is 5.41 Å². The van der Waals surface area contributed by atoms with Gasteiger partial charge >= 0.3 is 16.6 Å². The Balaban J connectivity index is 0.00000289. The summed E-state index contributed by atoms with van der Waals surface area (Å²) < 4.78 is 27.6. The molecule has 1 aromatic carbocycles. The number of carbonyl (C=O) groups is 1. The molecule has 0 atom stereocenters. The fourth-order valence-electron chi connectivity index (χ4n) is 0.953. The van der Waals surface area contributed by atoms with Crippen molar-refractivity contribution in [3.63, 3.8) is 0 Å². The van der Waals surface area contributed by atoms with Gasteiger partial charge in [-0.3, -0.25) is 10.7 Å². The summed E-state index contributed by atoms with van der Waals surface area (Å²) in [5.74, 6) is -0.795. The fraction of sp³-hybridized carbons (Fsp3) is 0.111. The largest absolute Gasteiger partial charge is 0.444 e. The van der Waals surface area contributed by atoms with Crippen molar-refractivity contribution in [2.75, 3.05) is 0 Å². The van der Waals surface area contributed by atoms with Gasteiger partial charge in [0.05, 0.1) is 0 Å². The van der Waals surface area contributed by atoms with E-state index in [9.17, 15) is 13.2 Å². The lowest BCUT2D eigenvalue weighted by atomic mass is 10.2. The quantitative estimate of drug-likeness (QED) is 0.633. The summed E-state index contributed by atoms with van der Waals surface area (Å²) in [6.45, 7) is 0.0282. The summed E-state index contributed by atoms with van der Waals surface area (Å²) in [5, 5.41) is 8.80. The molecule has 0 aliphatic rings. The van der Waals surface area contributed by atoms with Crippen molar-refractivity contribution in [2.45, 2.75) is 6.61 Å². The smallest absolute Gasteiger partial charge is 0.414 e. The maximum absolute atomic E-state index is 11.1. The predicted molar refractivity (Wildman–Crippen MR) is 66.1 cm³/mol. The average molecular weight is 292 g/mol. The van der Waals surface area contributed by atoms with Crippen LogP contribution in [0.25, 0.3) is 0 Å². The Morgan fingerprint density at radius 1 is 1.33 bits per heavy atom. The third kappa shape index (κ3) is 6.61. The SMILES string of the molecule is Cl.N=C(N=S(=O)=O)NC(=O)OCc1ccccc1. The van der Waals surface area contributed by atoms with Crippen molar-refractivity contribution < 1.29 is 17.9 Å². The van der Waals surface area contributed by atoms with Gasteiger partial charge in [0.1, 0.15) is 6.61 Å². The molecule has 1 amide bonds. The Hall–Kier alpha value is -1.93. The van der Waals surface area contributed by atoms with E-state index in [0.29, 0.717) is 0 Å². The first-order chi connectivity index (χ1) is 8.08. The van der Waals surface area contributed by atoms with Gasteiger partial charge < -0.3 is 4.74 Å². The molecule has 9 heteroatoms. The number of halogens is 1. The molecule has 2 N–H and O–H groups in total. The summed E-state index contributed by atoms with van der Waals surface area (Å²) in [5.41, 5.74) is 0.776. The molecule has 0 spiro atoms. The Morgan fingerprint density at radius 2 is 1.94 bits per heavy atom. The summed E-state index contributed by atoms with van der Waals surface area (Å²) in [7, 11) is -2.77. The summed E-state index contributed by atoms with van der Waals surface area (Å²) >= 11 is 0. The summed E-state index contributed by atoms with van der Waals surface area (Å²) in [6, 6.07) is 8.91. The lowest BCUT2D eigenvalue weighted by Crippen LogP contribution is -2.28. The van der Waals surface area contributed by atoms with Gasteiger partial charge in [-0.2, -0.15) is 8.42 Å². The zero-order valence-electron chi connectivity index (χ0n) is 8.99. The third-order valence-electron chi connectivity index (χ3n) is 1.60. The third-order valence-corrected chi connectivity index (χ3v) is 1.93. The number of hydrogen-bond acceptors (Lipinski definition) is 5. The molecule has 0 saturated carbocycles. The highest BCUT2D eigenvalue weighted by molar-refractivity contribution is 7.62. The highest BCUT2D eigenvalue weighted by Gasteiger charge is 2.05. The number of carbonyl (C=O) groups excluding carboxylic acids is 1. The Kier molecular flexibility index (Phi) is 7.32. The molecule has 0 aliphatic heterocycles. The van der Waals surface area contributed by atoms with E-state index >= 15 is 0 Å². The number of amides is 1. The van der Waals surface area contributed by atoms with Crippen LogP contribution in [0.15, 0.2) is 34.7 Å². The minimum absolute atomic E-state index is 0. The number of nitrogens with zero attached hydrogens (tertiary/aromatic N) is 1. The summed E-state index contributed by atoms with van der Waals surface area (Å²) in [4.78, 5) is 11.1. The van der Waals surface area contributed by atoms with E-state index in [1.807, 2.05) is 11.4 Å². The van der Waals surface area contributed by atoms with Crippen molar-refractivity contribution in [1.82, 2.24) is 5.32 Å². The molecule has 0 radical (unpaired) electrons. The second kappa shape index (κ2) is 8.20. The topological polar surface area (TPSA) is 109 Å². The number of rotatable bonds is 2. The molecule has 0 unspecified atom stereocenters. The molecule has 0 aliphatic carbocycles. The highest BCUT2D eigenvalue weighted by Crippen LogP contribution is 2.00. The molecule has 98 valence electrons. The van der Waals surface area contributed by atoms with Crippen LogP contribution in [-0.4, -0.2) is 20.5 Å². The van der Waals surface area contributed by atoms with Crippen molar-refractivity contribution in [3.8, 4) is 0 Å². The molecule has 0 saturated heterocycles. The van der Waals surface area contributed by atoms with Gasteiger partial charge in [0.2, 0.25) is 5.96 Å². The van der Waals surface area contributed by atoms with Crippen LogP contribution < -0.4 is 5.32 Å². The van der Waals surface area contributed by atoms with Crippen molar-refractivity contribution in [3.05, 3.63) is 35.9 Å². The molecule has 1 rings (SSSR count). The van der Waals surface area contributed by atoms with Crippen LogP contribution in [-0.2, 0) is 21.8 Å². The number of ether oxygens (including phenoxy) is 1. The van der Waals surface area contributed by atoms with Crippen LogP contribution >= 0.6 is 12.4 Å². The van der Waals surface area contributed by atoms with Crippen molar-refractivity contribution in [2.24, 2.45) is 4.36 Å². The number of nitrogens with one attached hydrogen (secondary N) is 2. The van der Waals surface area contributed by atoms with E-state index in [0.717, 1.165) is 5.56 Å². The Bertz CT molecular complexity index is 536. The minimum atomic E-state index is -2.77. The van der Waals surface area contributed by atoms with Gasteiger partial charge in [0.25, 0.3) is 0 Å². The summed E-state index contributed by atoms with van der Waals surface area (Å²) in [6.07, 6.45) is -0.937. The molecule has 18 heavy (non-hydrogen) atoms. The van der Waals surface area contributed by atoms with Crippen LogP contribution in [0.3, 0.4) is 0 Å². The lowest BCUT2D eigenvalue weighted by Gasteiger charge is -2.04. The maximum Gasteiger partial charge on any atom is 0.414 e. The van der Waals surface area contributed by atoms with E-state index in [1.165, 1.54) is 0 Å². The fourth-order valence-corrected chi connectivity index (χ4v) is 1.15. The second-order valence-corrected chi connectivity index (χ2v) is 3.46. The number of hydrogen-bond donors (Lipinski definition) is 2. The average Bonchev–Trinajstić information content (AvgIpc) is 2.26. The molecule has 0 aromatic heterocycles. The first kappa shape index (κ1) is 16.1. The first-order valence-corrected chi connectivity index (χ1v) is 5.48. The molecule has 0 fully saturated rings.